The summed E-state index contributed by atoms with van der Waals surface area (Å²) in [6.45, 7) is 2.26. The highest BCUT2D eigenvalue weighted by Crippen LogP contribution is 2.52. The van der Waals surface area contributed by atoms with Crippen LogP contribution in [0.5, 0.6) is 0 Å². The van der Waals surface area contributed by atoms with E-state index in [1.165, 1.54) is 85.1 Å². The number of nitriles is 1. The van der Waals surface area contributed by atoms with Crippen molar-refractivity contribution in [2.45, 2.75) is 96.6 Å². The van der Waals surface area contributed by atoms with Crippen molar-refractivity contribution in [3.8, 4) is 6.07 Å². The lowest BCUT2D eigenvalue weighted by Crippen LogP contribution is -2.40. The molecule has 0 aromatic carbocycles. The van der Waals surface area contributed by atoms with Gasteiger partial charge >= 0.3 is 0 Å². The van der Waals surface area contributed by atoms with E-state index in [2.05, 4.69) is 109 Å². The number of fused-ring (bicyclic) bond motifs is 1. The summed E-state index contributed by atoms with van der Waals surface area (Å²) in [6.07, 6.45) is 51.5. The molecule has 7 aliphatic carbocycles. The third-order valence-electron chi connectivity index (χ3n) is 12.9. The molecule has 3 nitrogen and oxygen atoms in total. The zero-order valence-electron chi connectivity index (χ0n) is 29.4. The van der Waals surface area contributed by atoms with Gasteiger partial charge in [0.05, 0.1) is 11.8 Å². The van der Waals surface area contributed by atoms with Crippen LogP contribution in [0.2, 0.25) is 0 Å². The van der Waals surface area contributed by atoms with Crippen molar-refractivity contribution >= 4 is 5.71 Å². The molecular formula is C46H53N3. The first kappa shape index (κ1) is 32.3. The summed E-state index contributed by atoms with van der Waals surface area (Å²) in [5, 5.41) is 13.3. The van der Waals surface area contributed by atoms with Crippen LogP contribution in [0.25, 0.3) is 0 Å². The third-order valence-corrected chi connectivity index (χ3v) is 12.9. The van der Waals surface area contributed by atoms with Crippen LogP contribution in [0.1, 0.15) is 90.4 Å². The molecule has 1 aliphatic heterocycles. The Labute approximate surface area is 294 Å². The Morgan fingerprint density at radius 1 is 0.755 bits per heavy atom. The van der Waals surface area contributed by atoms with Crippen LogP contribution in [0.15, 0.2) is 135 Å². The van der Waals surface area contributed by atoms with Gasteiger partial charge in [0, 0.05) is 23.1 Å². The Balaban J connectivity index is 0.940. The molecule has 0 aromatic rings. The summed E-state index contributed by atoms with van der Waals surface area (Å²) in [7, 11) is 0. The van der Waals surface area contributed by atoms with Gasteiger partial charge < -0.3 is 5.32 Å². The molecule has 0 bridgehead atoms. The molecule has 0 amide bonds. The Morgan fingerprint density at radius 2 is 1.69 bits per heavy atom. The fraction of sp³-hybridized carbons (Fsp3) is 0.478. The van der Waals surface area contributed by atoms with E-state index in [0.717, 1.165) is 49.5 Å². The van der Waals surface area contributed by atoms with Crippen LogP contribution >= 0.6 is 0 Å². The van der Waals surface area contributed by atoms with Crippen LogP contribution in [0.3, 0.4) is 0 Å². The van der Waals surface area contributed by atoms with E-state index in [4.69, 9.17) is 4.99 Å². The molecular weight excluding hydrogens is 595 g/mol. The average Bonchev–Trinajstić information content (AvgIpc) is 3.18. The van der Waals surface area contributed by atoms with Crippen molar-refractivity contribution in [2.24, 2.45) is 46.4 Å². The fourth-order valence-electron chi connectivity index (χ4n) is 10.2. The van der Waals surface area contributed by atoms with Gasteiger partial charge in [0.2, 0.25) is 0 Å². The molecule has 0 radical (unpaired) electrons. The number of hydrogen-bond acceptors (Lipinski definition) is 3. The largest absolute Gasteiger partial charge is 0.363 e. The maximum atomic E-state index is 9.34. The highest BCUT2D eigenvalue weighted by Gasteiger charge is 2.42. The first-order valence-corrected chi connectivity index (χ1v) is 19.5. The van der Waals surface area contributed by atoms with E-state index in [1.54, 1.807) is 5.57 Å². The number of aliphatic imine (C=N–C) groups is 1. The maximum absolute atomic E-state index is 9.34. The minimum Gasteiger partial charge on any atom is -0.363 e. The molecule has 0 saturated heterocycles. The monoisotopic (exact) mass is 647 g/mol. The molecule has 8 rings (SSSR count). The number of nitrogens with one attached hydrogen (secondary N) is 1. The first-order valence-electron chi connectivity index (χ1n) is 19.5. The van der Waals surface area contributed by atoms with Crippen molar-refractivity contribution < 1.29 is 0 Å². The van der Waals surface area contributed by atoms with Crippen LogP contribution in [0, 0.1) is 52.8 Å². The molecule has 8 unspecified atom stereocenters. The molecule has 1 saturated carbocycles. The summed E-state index contributed by atoms with van der Waals surface area (Å²) in [5.41, 5.74) is 10.4. The van der Waals surface area contributed by atoms with Gasteiger partial charge in [-0.05, 0) is 148 Å². The Bertz CT molecular complexity index is 1730. The van der Waals surface area contributed by atoms with E-state index in [9.17, 15) is 5.26 Å². The second kappa shape index (κ2) is 14.5. The quantitative estimate of drug-likeness (QED) is 0.292. The summed E-state index contributed by atoms with van der Waals surface area (Å²) < 4.78 is 0. The SMILES string of the molecule is CC1=C(C2=CCC(C3=CCC(C4CCC(C5=CC=C(C#N)CC5)C5C=CCCC54)C=C3)C=C2)NC(C2C=CCCC2)N=C1C1=CCCC=C1. The normalized spacial score (nSPS) is 35.6. The van der Waals surface area contributed by atoms with Gasteiger partial charge in [0.15, 0.2) is 0 Å². The number of allylic oxidation sites excluding steroid dienone is 19. The maximum Gasteiger partial charge on any atom is 0.125 e. The number of nitrogens with zero attached hydrogens (tertiary/aromatic N) is 2. The Kier molecular flexibility index (Phi) is 9.58. The van der Waals surface area contributed by atoms with Gasteiger partial charge in [-0.1, -0.05) is 90.6 Å². The zero-order chi connectivity index (χ0) is 33.2. The van der Waals surface area contributed by atoms with E-state index >= 15 is 0 Å². The van der Waals surface area contributed by atoms with Gasteiger partial charge in [0.25, 0.3) is 0 Å². The van der Waals surface area contributed by atoms with E-state index in [0.29, 0.717) is 29.6 Å². The second-order valence-corrected chi connectivity index (χ2v) is 15.7. The highest BCUT2D eigenvalue weighted by molar-refractivity contribution is 6.15. The van der Waals surface area contributed by atoms with Crippen molar-refractivity contribution in [1.29, 1.82) is 5.26 Å². The van der Waals surface area contributed by atoms with E-state index in [1.807, 2.05) is 0 Å². The molecule has 1 N–H and O–H groups in total. The predicted octanol–water partition coefficient (Wildman–Crippen LogP) is 11.0. The Morgan fingerprint density at radius 3 is 2.43 bits per heavy atom. The molecule has 0 spiro atoms. The minimum atomic E-state index is 0.0939. The van der Waals surface area contributed by atoms with Gasteiger partial charge in [-0.2, -0.15) is 5.26 Å². The molecule has 1 fully saturated rings. The smallest absolute Gasteiger partial charge is 0.125 e. The predicted molar refractivity (Wildman–Crippen MR) is 203 cm³/mol. The van der Waals surface area contributed by atoms with Crippen molar-refractivity contribution in [1.82, 2.24) is 5.32 Å². The second-order valence-electron chi connectivity index (χ2n) is 15.7. The van der Waals surface area contributed by atoms with Crippen molar-refractivity contribution in [3.05, 3.63) is 130 Å². The van der Waals surface area contributed by atoms with Gasteiger partial charge in [-0.3, -0.25) is 4.99 Å². The molecule has 8 atom stereocenters. The van der Waals surface area contributed by atoms with Gasteiger partial charge in [-0.15, -0.1) is 0 Å². The van der Waals surface area contributed by atoms with E-state index in [-0.39, 0.29) is 6.17 Å². The Hall–Kier alpha value is -3.90. The van der Waals surface area contributed by atoms with Crippen LogP contribution in [0.4, 0.5) is 0 Å². The number of rotatable bonds is 6. The summed E-state index contributed by atoms with van der Waals surface area (Å²) >= 11 is 0. The zero-order valence-corrected chi connectivity index (χ0v) is 29.4. The fourth-order valence-corrected chi connectivity index (χ4v) is 10.2. The molecule has 3 heteroatoms. The first-order chi connectivity index (χ1) is 24.2. The number of hydrogen-bond donors (Lipinski definition) is 1. The molecule has 1 heterocycles. The van der Waals surface area contributed by atoms with Crippen molar-refractivity contribution in [3.63, 3.8) is 0 Å². The summed E-state index contributed by atoms with van der Waals surface area (Å²) in [5.74, 6) is 4.41. The topological polar surface area (TPSA) is 48.2 Å². The molecule has 0 aromatic heterocycles. The van der Waals surface area contributed by atoms with Crippen molar-refractivity contribution in [2.75, 3.05) is 0 Å². The lowest BCUT2D eigenvalue weighted by atomic mass is 9.57. The molecule has 49 heavy (non-hydrogen) atoms. The lowest BCUT2D eigenvalue weighted by molar-refractivity contribution is 0.0939. The average molecular weight is 648 g/mol. The van der Waals surface area contributed by atoms with Gasteiger partial charge in [-0.25, -0.2) is 0 Å². The van der Waals surface area contributed by atoms with E-state index < -0.39 is 0 Å². The van der Waals surface area contributed by atoms with Crippen LogP contribution in [-0.2, 0) is 0 Å². The highest BCUT2D eigenvalue weighted by atomic mass is 15.1. The van der Waals surface area contributed by atoms with Gasteiger partial charge in [0.1, 0.15) is 6.17 Å². The third kappa shape index (κ3) is 6.69. The molecule has 8 aliphatic rings. The summed E-state index contributed by atoms with van der Waals surface area (Å²) in [4.78, 5) is 5.34. The standard InChI is InChI=1S/C46H53N3/c1-31-44(37-10-4-2-5-11-37)48-46(39-12-6-3-7-13-39)49-45(31)38-26-22-34(23-27-38)33-20-24-36(25-21-33)41-29-28-40(42-14-8-9-15-43(41)42)35-18-16-32(30-47)17-19-35/h4,6,8,10-12,14,16,18,20-22,24,26-27,34,36,39-43,46,49H,2-3,5,7,9,13,15,17,19,23,25,28-29H2,1H3. The van der Waals surface area contributed by atoms with Crippen LogP contribution in [-0.4, -0.2) is 11.9 Å². The van der Waals surface area contributed by atoms with Crippen LogP contribution < -0.4 is 5.32 Å². The lowest BCUT2D eigenvalue weighted by Gasteiger charge is -2.47. The summed E-state index contributed by atoms with van der Waals surface area (Å²) in [6, 6.07) is 2.37. The minimum absolute atomic E-state index is 0.0939. The molecule has 252 valence electrons.